The van der Waals surface area contributed by atoms with E-state index in [4.69, 9.17) is 9.47 Å². The van der Waals surface area contributed by atoms with Crippen LogP contribution in [0, 0.1) is 0 Å². The minimum Gasteiger partial charge on any atom is -0.454 e. The zero-order chi connectivity index (χ0) is 15.5. The van der Waals surface area contributed by atoms with Crippen molar-refractivity contribution in [3.05, 3.63) is 23.8 Å². The van der Waals surface area contributed by atoms with Crippen LogP contribution in [0.3, 0.4) is 0 Å². The van der Waals surface area contributed by atoms with E-state index in [1.54, 1.807) is 0 Å². The van der Waals surface area contributed by atoms with Gasteiger partial charge < -0.3 is 14.8 Å². The van der Waals surface area contributed by atoms with Gasteiger partial charge in [0.1, 0.15) is 0 Å². The summed E-state index contributed by atoms with van der Waals surface area (Å²) in [6.45, 7) is 7.47. The smallest absolute Gasteiger partial charge is 0.234 e. The normalized spacial score (nSPS) is 13.6. The average molecular weight is 292 g/mol. The second kappa shape index (κ2) is 6.35. The van der Waals surface area contributed by atoms with Crippen molar-refractivity contribution < 1.29 is 14.3 Å². The maximum atomic E-state index is 12.0. The van der Waals surface area contributed by atoms with Crippen LogP contribution in [0.5, 0.6) is 11.5 Å². The summed E-state index contributed by atoms with van der Waals surface area (Å²) in [6.07, 6.45) is 0.907. The van der Waals surface area contributed by atoms with Crippen molar-refractivity contribution in [3.63, 3.8) is 0 Å². The lowest BCUT2D eigenvalue weighted by Crippen LogP contribution is -2.46. The van der Waals surface area contributed by atoms with Crippen LogP contribution in [0.1, 0.15) is 32.8 Å². The minimum atomic E-state index is -0.156. The Balaban J connectivity index is 1.87. The molecule has 21 heavy (non-hydrogen) atoms. The van der Waals surface area contributed by atoms with E-state index < -0.39 is 0 Å². The first-order chi connectivity index (χ1) is 9.89. The average Bonchev–Trinajstić information content (AvgIpc) is 2.85. The maximum Gasteiger partial charge on any atom is 0.234 e. The molecule has 0 saturated carbocycles. The highest BCUT2D eigenvalue weighted by molar-refractivity contribution is 5.78. The van der Waals surface area contributed by atoms with Crippen LogP contribution in [-0.2, 0) is 11.3 Å². The van der Waals surface area contributed by atoms with Crippen molar-refractivity contribution >= 4 is 5.91 Å². The van der Waals surface area contributed by atoms with Gasteiger partial charge in [0.2, 0.25) is 12.7 Å². The van der Waals surface area contributed by atoms with Gasteiger partial charge in [0.15, 0.2) is 11.5 Å². The Morgan fingerprint density at radius 3 is 2.76 bits per heavy atom. The lowest BCUT2D eigenvalue weighted by atomic mass is 10.0. The molecule has 1 aliphatic rings. The quantitative estimate of drug-likeness (QED) is 0.873. The van der Waals surface area contributed by atoms with Gasteiger partial charge >= 0.3 is 0 Å². The van der Waals surface area contributed by atoms with Crippen molar-refractivity contribution in [1.82, 2.24) is 10.2 Å². The van der Waals surface area contributed by atoms with Gasteiger partial charge in [0.25, 0.3) is 0 Å². The van der Waals surface area contributed by atoms with E-state index >= 15 is 0 Å². The van der Waals surface area contributed by atoms with E-state index in [0.29, 0.717) is 13.1 Å². The third-order valence-corrected chi connectivity index (χ3v) is 3.66. The summed E-state index contributed by atoms with van der Waals surface area (Å²) in [5.74, 6) is 1.60. The number of ether oxygens (including phenoxy) is 2. The molecule has 5 heteroatoms. The highest BCUT2D eigenvalue weighted by atomic mass is 16.7. The Labute approximate surface area is 126 Å². The molecule has 0 fully saturated rings. The fourth-order valence-electron chi connectivity index (χ4n) is 2.16. The summed E-state index contributed by atoms with van der Waals surface area (Å²) in [4.78, 5) is 14.0. The molecule has 0 radical (unpaired) electrons. The van der Waals surface area contributed by atoms with Crippen LogP contribution < -0.4 is 14.8 Å². The third-order valence-electron chi connectivity index (χ3n) is 3.66. The molecule has 0 spiro atoms. The van der Waals surface area contributed by atoms with E-state index in [0.717, 1.165) is 23.5 Å². The molecule has 1 amide bonds. The fraction of sp³-hybridized carbons (Fsp3) is 0.562. The molecule has 1 aliphatic heterocycles. The van der Waals surface area contributed by atoms with Crippen molar-refractivity contribution in [2.24, 2.45) is 0 Å². The van der Waals surface area contributed by atoms with E-state index in [9.17, 15) is 4.79 Å². The number of benzene rings is 1. The molecule has 5 nitrogen and oxygen atoms in total. The summed E-state index contributed by atoms with van der Waals surface area (Å²) in [6, 6.07) is 5.87. The van der Waals surface area contributed by atoms with Gasteiger partial charge in [0.05, 0.1) is 6.54 Å². The predicted octanol–water partition coefficient (Wildman–Crippen LogP) is 2.15. The summed E-state index contributed by atoms with van der Waals surface area (Å²) in [5, 5.41) is 3.04. The number of nitrogens with one attached hydrogen (secondary N) is 1. The van der Waals surface area contributed by atoms with Crippen LogP contribution >= 0.6 is 0 Å². The topological polar surface area (TPSA) is 50.8 Å². The van der Waals surface area contributed by atoms with E-state index in [1.165, 1.54) is 0 Å². The molecule has 1 heterocycles. The van der Waals surface area contributed by atoms with Gasteiger partial charge in [-0.3, -0.25) is 9.69 Å². The maximum absolute atomic E-state index is 12.0. The number of likely N-dealkylation sites (N-methyl/N-ethyl adjacent to an activating group) is 1. The standard InChI is InChI=1S/C16H24N2O3/c1-5-16(2,3)17-15(19)10-18(4)9-12-6-7-13-14(8-12)21-11-20-13/h6-8H,5,9-11H2,1-4H3,(H,17,19). The van der Waals surface area contributed by atoms with Gasteiger partial charge in [-0.15, -0.1) is 0 Å². The first-order valence-corrected chi connectivity index (χ1v) is 7.28. The SMILES string of the molecule is CCC(C)(C)NC(=O)CN(C)Cc1ccc2c(c1)OCO2. The van der Waals surface area contributed by atoms with Gasteiger partial charge in [-0.2, -0.15) is 0 Å². The zero-order valence-corrected chi connectivity index (χ0v) is 13.2. The van der Waals surface area contributed by atoms with Crippen LogP contribution in [0.15, 0.2) is 18.2 Å². The Hall–Kier alpha value is -1.75. The van der Waals surface area contributed by atoms with E-state index in [1.807, 2.05) is 44.0 Å². The summed E-state index contributed by atoms with van der Waals surface area (Å²) in [7, 11) is 1.93. The van der Waals surface area contributed by atoms with Crippen molar-refractivity contribution in [3.8, 4) is 11.5 Å². The number of nitrogens with zero attached hydrogens (tertiary/aromatic N) is 1. The molecule has 0 atom stereocenters. The largest absolute Gasteiger partial charge is 0.454 e. The van der Waals surface area contributed by atoms with Gasteiger partial charge in [-0.25, -0.2) is 0 Å². The van der Waals surface area contributed by atoms with E-state index in [2.05, 4.69) is 12.2 Å². The number of rotatable bonds is 6. The summed E-state index contributed by atoms with van der Waals surface area (Å²) in [5.41, 5.74) is 0.945. The molecule has 1 aromatic rings. The molecule has 0 aromatic heterocycles. The Kier molecular flexibility index (Phi) is 4.73. The number of fused-ring (bicyclic) bond motifs is 1. The summed E-state index contributed by atoms with van der Waals surface area (Å²) >= 11 is 0. The molecular weight excluding hydrogens is 268 g/mol. The highest BCUT2D eigenvalue weighted by Gasteiger charge is 2.19. The zero-order valence-electron chi connectivity index (χ0n) is 13.2. The highest BCUT2D eigenvalue weighted by Crippen LogP contribution is 2.32. The summed E-state index contributed by atoms with van der Waals surface area (Å²) < 4.78 is 10.7. The first-order valence-electron chi connectivity index (χ1n) is 7.28. The molecular formula is C16H24N2O3. The lowest BCUT2D eigenvalue weighted by Gasteiger charge is -2.26. The van der Waals surface area contributed by atoms with Crippen LogP contribution in [0.2, 0.25) is 0 Å². The molecule has 116 valence electrons. The molecule has 1 aromatic carbocycles. The second-order valence-corrected chi connectivity index (χ2v) is 6.15. The minimum absolute atomic E-state index is 0.0464. The van der Waals surface area contributed by atoms with Crippen LogP contribution in [0.25, 0.3) is 0 Å². The Bertz CT molecular complexity index is 514. The Morgan fingerprint density at radius 2 is 2.05 bits per heavy atom. The predicted molar refractivity (Wildman–Crippen MR) is 81.4 cm³/mol. The fourth-order valence-corrected chi connectivity index (χ4v) is 2.16. The van der Waals surface area contributed by atoms with Crippen LogP contribution in [-0.4, -0.2) is 36.7 Å². The van der Waals surface area contributed by atoms with Gasteiger partial charge in [-0.05, 0) is 45.0 Å². The van der Waals surface area contributed by atoms with Gasteiger partial charge in [0, 0.05) is 12.1 Å². The number of hydrogen-bond acceptors (Lipinski definition) is 4. The van der Waals surface area contributed by atoms with E-state index in [-0.39, 0.29) is 18.2 Å². The number of amides is 1. The molecule has 2 rings (SSSR count). The molecule has 0 bridgehead atoms. The first kappa shape index (κ1) is 15.6. The third kappa shape index (κ3) is 4.36. The number of carbonyl (C=O) groups is 1. The number of carbonyl (C=O) groups excluding carboxylic acids is 1. The molecule has 0 saturated heterocycles. The molecule has 0 unspecified atom stereocenters. The second-order valence-electron chi connectivity index (χ2n) is 6.15. The van der Waals surface area contributed by atoms with Crippen molar-refractivity contribution in [2.45, 2.75) is 39.3 Å². The van der Waals surface area contributed by atoms with Crippen molar-refractivity contribution in [2.75, 3.05) is 20.4 Å². The lowest BCUT2D eigenvalue weighted by molar-refractivity contribution is -0.123. The monoisotopic (exact) mass is 292 g/mol. The van der Waals surface area contributed by atoms with Crippen LogP contribution in [0.4, 0.5) is 0 Å². The van der Waals surface area contributed by atoms with Crippen molar-refractivity contribution in [1.29, 1.82) is 0 Å². The molecule has 1 N–H and O–H groups in total. The Morgan fingerprint density at radius 1 is 1.33 bits per heavy atom. The molecule has 0 aliphatic carbocycles. The number of hydrogen-bond donors (Lipinski definition) is 1. The van der Waals surface area contributed by atoms with Gasteiger partial charge in [-0.1, -0.05) is 13.0 Å².